The topological polar surface area (TPSA) is 62.7 Å². The number of carbonyl (C=O) groups excluding carboxylic acids is 1. The maximum absolute atomic E-state index is 12.5. The van der Waals surface area contributed by atoms with Gasteiger partial charge in [0.25, 0.3) is 5.91 Å². The van der Waals surface area contributed by atoms with Crippen LogP contribution < -0.4 is 5.32 Å². The summed E-state index contributed by atoms with van der Waals surface area (Å²) in [5.74, 6) is -0.0506. The minimum Gasteiger partial charge on any atom is -0.360 e. The smallest absolute Gasteiger partial charge is 0.253 e. The quantitative estimate of drug-likeness (QED) is 0.778. The Bertz CT molecular complexity index is 859. The number of amides is 1. The summed E-state index contributed by atoms with van der Waals surface area (Å²) < 4.78 is 1.90. The second-order valence-corrected chi connectivity index (χ2v) is 5.78. The van der Waals surface area contributed by atoms with Gasteiger partial charge in [0.15, 0.2) is 0 Å². The Balaban J connectivity index is 1.56. The maximum Gasteiger partial charge on any atom is 0.253 e. The van der Waals surface area contributed by atoms with Crippen LogP contribution in [0.5, 0.6) is 0 Å². The average Bonchev–Trinajstić information content (AvgIpc) is 3.19. The van der Waals surface area contributed by atoms with Gasteiger partial charge in [0.2, 0.25) is 0 Å². The molecule has 2 aromatic heterocycles. The van der Waals surface area contributed by atoms with Crippen LogP contribution in [0.1, 0.15) is 33.7 Å². The van der Waals surface area contributed by atoms with Gasteiger partial charge in [0.1, 0.15) is 0 Å². The summed E-state index contributed by atoms with van der Waals surface area (Å²) in [5.41, 5.74) is 5.31. The molecule has 22 heavy (non-hydrogen) atoms. The highest BCUT2D eigenvalue weighted by atomic mass is 16.1. The lowest BCUT2D eigenvalue weighted by molar-refractivity contribution is 0.0951. The fourth-order valence-corrected chi connectivity index (χ4v) is 3.33. The van der Waals surface area contributed by atoms with Gasteiger partial charge in [-0.05, 0) is 30.9 Å². The molecule has 0 bridgehead atoms. The summed E-state index contributed by atoms with van der Waals surface area (Å²) in [5, 5.41) is 8.53. The Hall–Kier alpha value is -2.56. The van der Waals surface area contributed by atoms with Gasteiger partial charge in [-0.1, -0.05) is 18.2 Å². The van der Waals surface area contributed by atoms with E-state index in [0.29, 0.717) is 12.1 Å². The summed E-state index contributed by atoms with van der Waals surface area (Å²) in [4.78, 5) is 15.6. The summed E-state index contributed by atoms with van der Waals surface area (Å²) in [6.07, 6.45) is 5.07. The molecular weight excluding hydrogens is 276 g/mol. The number of carbonyl (C=O) groups is 1. The normalized spacial score (nSPS) is 13.5. The van der Waals surface area contributed by atoms with Gasteiger partial charge in [0, 0.05) is 24.1 Å². The number of nitrogens with one attached hydrogen (secondary N) is 2. The number of fused-ring (bicyclic) bond motifs is 2. The molecule has 1 aliphatic rings. The van der Waals surface area contributed by atoms with E-state index in [9.17, 15) is 4.79 Å². The van der Waals surface area contributed by atoms with Crippen molar-refractivity contribution in [1.82, 2.24) is 20.1 Å². The highest BCUT2D eigenvalue weighted by Crippen LogP contribution is 2.24. The molecule has 5 heteroatoms. The standard InChI is InChI=1S/C17H18N4O/c1-21-16(12-6-4-8-15(12)20-21)10-19-17(22)13-9-18-14-7-3-2-5-11(13)14/h2-3,5,7,9,18H,4,6,8,10H2,1H3,(H,19,22). The van der Waals surface area contributed by atoms with E-state index in [2.05, 4.69) is 15.4 Å². The molecule has 0 saturated heterocycles. The predicted molar refractivity (Wildman–Crippen MR) is 84.7 cm³/mol. The van der Waals surface area contributed by atoms with Crippen molar-refractivity contribution in [3.05, 3.63) is 53.0 Å². The molecule has 4 rings (SSSR count). The van der Waals surface area contributed by atoms with E-state index in [4.69, 9.17) is 0 Å². The van der Waals surface area contributed by atoms with Crippen LogP contribution in [0.2, 0.25) is 0 Å². The second kappa shape index (κ2) is 5.02. The zero-order valence-corrected chi connectivity index (χ0v) is 12.5. The number of aryl methyl sites for hydroxylation is 2. The highest BCUT2D eigenvalue weighted by molar-refractivity contribution is 6.06. The number of hydrogen-bond acceptors (Lipinski definition) is 2. The molecule has 5 nitrogen and oxygen atoms in total. The Labute approximate surface area is 128 Å². The predicted octanol–water partition coefficient (Wildman–Crippen LogP) is 2.32. The third kappa shape index (κ3) is 2.01. The summed E-state index contributed by atoms with van der Waals surface area (Å²) >= 11 is 0. The molecule has 1 aromatic carbocycles. The van der Waals surface area contributed by atoms with Crippen molar-refractivity contribution in [1.29, 1.82) is 0 Å². The van der Waals surface area contributed by atoms with E-state index in [1.54, 1.807) is 6.20 Å². The van der Waals surface area contributed by atoms with Crippen molar-refractivity contribution in [3.8, 4) is 0 Å². The Kier molecular flexibility index (Phi) is 2.99. The lowest BCUT2D eigenvalue weighted by Gasteiger charge is -2.07. The summed E-state index contributed by atoms with van der Waals surface area (Å²) in [7, 11) is 1.95. The van der Waals surface area contributed by atoms with Crippen LogP contribution in [-0.4, -0.2) is 20.7 Å². The Morgan fingerprint density at radius 1 is 1.36 bits per heavy atom. The lowest BCUT2D eigenvalue weighted by Crippen LogP contribution is -2.24. The van der Waals surface area contributed by atoms with Crippen molar-refractivity contribution in [3.63, 3.8) is 0 Å². The molecule has 0 unspecified atom stereocenters. The number of rotatable bonds is 3. The van der Waals surface area contributed by atoms with Crippen LogP contribution in [0.3, 0.4) is 0 Å². The van der Waals surface area contributed by atoms with Gasteiger partial charge >= 0.3 is 0 Å². The van der Waals surface area contributed by atoms with Crippen molar-refractivity contribution in [2.24, 2.45) is 7.05 Å². The molecule has 0 saturated carbocycles. The van der Waals surface area contributed by atoms with E-state index in [1.807, 2.05) is 36.0 Å². The van der Waals surface area contributed by atoms with Crippen LogP contribution in [0.15, 0.2) is 30.5 Å². The van der Waals surface area contributed by atoms with Gasteiger partial charge in [0.05, 0.1) is 23.5 Å². The lowest BCUT2D eigenvalue weighted by atomic mass is 10.1. The van der Waals surface area contributed by atoms with E-state index in [0.717, 1.165) is 29.4 Å². The monoisotopic (exact) mass is 294 g/mol. The first-order chi connectivity index (χ1) is 10.7. The third-order valence-corrected chi connectivity index (χ3v) is 4.45. The van der Waals surface area contributed by atoms with E-state index < -0.39 is 0 Å². The second-order valence-electron chi connectivity index (χ2n) is 5.78. The molecule has 2 heterocycles. The number of aromatic nitrogens is 3. The molecule has 2 N–H and O–H groups in total. The van der Waals surface area contributed by atoms with Crippen LogP contribution in [0.4, 0.5) is 0 Å². The van der Waals surface area contributed by atoms with Crippen molar-refractivity contribution >= 4 is 16.8 Å². The zero-order chi connectivity index (χ0) is 15.1. The summed E-state index contributed by atoms with van der Waals surface area (Å²) in [6, 6.07) is 7.84. The molecule has 0 fully saturated rings. The first kappa shape index (κ1) is 13.1. The first-order valence-electron chi connectivity index (χ1n) is 7.62. The molecule has 112 valence electrons. The van der Waals surface area contributed by atoms with Gasteiger partial charge in [-0.2, -0.15) is 5.10 Å². The van der Waals surface area contributed by atoms with E-state index >= 15 is 0 Å². The van der Waals surface area contributed by atoms with Crippen molar-refractivity contribution < 1.29 is 4.79 Å². The van der Waals surface area contributed by atoms with Gasteiger partial charge in [-0.25, -0.2) is 0 Å². The molecule has 1 amide bonds. The van der Waals surface area contributed by atoms with Crippen molar-refractivity contribution in [2.75, 3.05) is 0 Å². The number of para-hydroxylation sites is 1. The average molecular weight is 294 g/mol. The first-order valence-corrected chi connectivity index (χ1v) is 7.62. The number of nitrogens with zero attached hydrogens (tertiary/aromatic N) is 2. The Morgan fingerprint density at radius 2 is 2.23 bits per heavy atom. The minimum absolute atomic E-state index is 0.0506. The van der Waals surface area contributed by atoms with E-state index in [1.165, 1.54) is 17.7 Å². The third-order valence-electron chi connectivity index (χ3n) is 4.45. The number of benzene rings is 1. The molecular formula is C17H18N4O. The molecule has 0 atom stereocenters. The zero-order valence-electron chi connectivity index (χ0n) is 12.5. The molecule has 3 aromatic rings. The highest BCUT2D eigenvalue weighted by Gasteiger charge is 2.21. The van der Waals surface area contributed by atoms with E-state index in [-0.39, 0.29) is 5.91 Å². The summed E-state index contributed by atoms with van der Waals surface area (Å²) in [6.45, 7) is 0.525. The molecule has 0 aliphatic heterocycles. The van der Waals surface area contributed by atoms with Crippen LogP contribution in [0, 0.1) is 0 Å². The SMILES string of the molecule is Cn1nc2c(c1CNC(=O)c1c[nH]c3ccccc13)CCC2. The molecule has 0 spiro atoms. The van der Waals surface area contributed by atoms with Crippen molar-refractivity contribution in [2.45, 2.75) is 25.8 Å². The van der Waals surface area contributed by atoms with Crippen LogP contribution in [-0.2, 0) is 26.4 Å². The number of aromatic amines is 1. The van der Waals surface area contributed by atoms with Crippen LogP contribution >= 0.6 is 0 Å². The fourth-order valence-electron chi connectivity index (χ4n) is 3.33. The molecule has 1 aliphatic carbocycles. The maximum atomic E-state index is 12.5. The Morgan fingerprint density at radius 3 is 3.14 bits per heavy atom. The molecule has 0 radical (unpaired) electrons. The number of hydrogen-bond donors (Lipinski definition) is 2. The number of H-pyrrole nitrogens is 1. The minimum atomic E-state index is -0.0506. The van der Waals surface area contributed by atoms with Gasteiger partial charge < -0.3 is 10.3 Å². The largest absolute Gasteiger partial charge is 0.360 e. The van der Waals surface area contributed by atoms with Crippen LogP contribution in [0.25, 0.3) is 10.9 Å². The fraction of sp³-hybridized carbons (Fsp3) is 0.294. The van der Waals surface area contributed by atoms with Gasteiger partial charge in [-0.3, -0.25) is 9.48 Å². The van der Waals surface area contributed by atoms with Gasteiger partial charge in [-0.15, -0.1) is 0 Å².